The molecule has 0 fully saturated rings. The van der Waals surface area contributed by atoms with E-state index < -0.39 is 0 Å². The smallest absolute Gasteiger partial charge is 0.129 e. The summed E-state index contributed by atoms with van der Waals surface area (Å²) in [4.78, 5) is -0.344. The molecule has 0 radical (unpaired) electrons. The van der Waals surface area contributed by atoms with Gasteiger partial charge in [-0.05, 0) is 46.6 Å². The van der Waals surface area contributed by atoms with Crippen molar-refractivity contribution in [3.05, 3.63) is 56.7 Å². The number of alkyl halides is 1. The lowest BCUT2D eigenvalue weighted by molar-refractivity contribution is 0.510. The molecular formula is C12H8Br2ClFO. The summed E-state index contributed by atoms with van der Waals surface area (Å²) in [7, 11) is 0. The third-order valence-corrected chi connectivity index (χ3v) is 4.55. The average molecular weight is 382 g/mol. The zero-order valence-corrected chi connectivity index (χ0v) is 12.7. The van der Waals surface area contributed by atoms with Crippen molar-refractivity contribution >= 4 is 43.5 Å². The van der Waals surface area contributed by atoms with Crippen molar-refractivity contribution in [1.82, 2.24) is 0 Å². The van der Waals surface area contributed by atoms with Crippen molar-refractivity contribution < 1.29 is 8.81 Å². The standard InChI is InChI=1S/C12H8Br2ClFO/c1-6-2-3-17-12(6)11(14)7-4-9(15)8(13)5-10(7)16/h2-5,11H,1H3. The lowest BCUT2D eigenvalue weighted by Gasteiger charge is -2.11. The van der Waals surface area contributed by atoms with Crippen molar-refractivity contribution in [3.8, 4) is 0 Å². The van der Waals surface area contributed by atoms with E-state index >= 15 is 0 Å². The van der Waals surface area contributed by atoms with Gasteiger partial charge in [0.1, 0.15) is 16.4 Å². The van der Waals surface area contributed by atoms with Gasteiger partial charge >= 0.3 is 0 Å². The van der Waals surface area contributed by atoms with Crippen LogP contribution >= 0.6 is 43.5 Å². The van der Waals surface area contributed by atoms with E-state index in [1.807, 2.05) is 13.0 Å². The van der Waals surface area contributed by atoms with Gasteiger partial charge in [-0.15, -0.1) is 0 Å². The van der Waals surface area contributed by atoms with Gasteiger partial charge in [0.05, 0.1) is 11.3 Å². The number of benzene rings is 1. The van der Waals surface area contributed by atoms with Crippen LogP contribution < -0.4 is 0 Å². The molecule has 1 heterocycles. The van der Waals surface area contributed by atoms with E-state index in [1.165, 1.54) is 6.07 Å². The fourth-order valence-corrected chi connectivity index (χ4v) is 2.82. The summed E-state index contributed by atoms with van der Waals surface area (Å²) in [6.45, 7) is 1.91. The van der Waals surface area contributed by atoms with Crippen molar-refractivity contribution in [2.75, 3.05) is 0 Å². The van der Waals surface area contributed by atoms with Crippen molar-refractivity contribution in [2.24, 2.45) is 0 Å². The molecule has 0 spiro atoms. The second kappa shape index (κ2) is 5.12. The van der Waals surface area contributed by atoms with E-state index in [-0.39, 0.29) is 10.6 Å². The first-order valence-corrected chi connectivity index (χ1v) is 6.92. The molecule has 1 nitrogen and oxygen atoms in total. The van der Waals surface area contributed by atoms with E-state index in [1.54, 1.807) is 12.3 Å². The number of hydrogen-bond donors (Lipinski definition) is 0. The fourth-order valence-electron chi connectivity index (χ4n) is 1.52. The maximum absolute atomic E-state index is 13.8. The van der Waals surface area contributed by atoms with Gasteiger partial charge in [-0.25, -0.2) is 4.39 Å². The minimum atomic E-state index is -0.344. The average Bonchev–Trinajstić information content (AvgIpc) is 2.69. The largest absolute Gasteiger partial charge is 0.468 e. The molecule has 0 saturated carbocycles. The maximum atomic E-state index is 13.8. The monoisotopic (exact) mass is 380 g/mol. The third kappa shape index (κ3) is 2.59. The zero-order chi connectivity index (χ0) is 12.6. The van der Waals surface area contributed by atoms with E-state index in [0.29, 0.717) is 20.8 Å². The van der Waals surface area contributed by atoms with E-state index in [9.17, 15) is 4.39 Å². The molecule has 1 unspecified atom stereocenters. The van der Waals surface area contributed by atoms with Gasteiger partial charge in [-0.3, -0.25) is 0 Å². The Morgan fingerprint density at radius 3 is 2.71 bits per heavy atom. The molecule has 1 aromatic heterocycles. The van der Waals surface area contributed by atoms with Crippen LogP contribution in [0.2, 0.25) is 5.02 Å². The van der Waals surface area contributed by atoms with Gasteiger partial charge in [0.25, 0.3) is 0 Å². The number of furan rings is 1. The van der Waals surface area contributed by atoms with Crippen LogP contribution in [-0.2, 0) is 0 Å². The summed E-state index contributed by atoms with van der Waals surface area (Å²) in [5.41, 5.74) is 1.42. The Hall–Kier alpha value is -0.320. The molecule has 2 rings (SSSR count). The van der Waals surface area contributed by atoms with Crippen LogP contribution in [0, 0.1) is 12.7 Å². The highest BCUT2D eigenvalue weighted by Gasteiger charge is 2.20. The molecule has 17 heavy (non-hydrogen) atoms. The molecule has 1 aromatic carbocycles. The third-order valence-electron chi connectivity index (χ3n) is 2.44. The molecule has 0 aliphatic rings. The van der Waals surface area contributed by atoms with E-state index in [0.717, 1.165) is 5.56 Å². The normalized spacial score (nSPS) is 12.8. The van der Waals surface area contributed by atoms with Crippen LogP contribution in [0.5, 0.6) is 0 Å². The van der Waals surface area contributed by atoms with E-state index in [4.69, 9.17) is 16.0 Å². The number of aryl methyl sites for hydroxylation is 1. The molecule has 90 valence electrons. The SMILES string of the molecule is Cc1ccoc1C(Br)c1cc(Cl)c(Br)cc1F. The van der Waals surface area contributed by atoms with Gasteiger partial charge < -0.3 is 4.42 Å². The first-order chi connectivity index (χ1) is 8.00. The Morgan fingerprint density at radius 1 is 1.41 bits per heavy atom. The summed E-state index contributed by atoms with van der Waals surface area (Å²) in [6.07, 6.45) is 1.58. The van der Waals surface area contributed by atoms with Gasteiger partial charge in [0.2, 0.25) is 0 Å². The highest BCUT2D eigenvalue weighted by molar-refractivity contribution is 9.10. The number of halogens is 4. The molecular weight excluding hydrogens is 374 g/mol. The van der Waals surface area contributed by atoms with Crippen molar-refractivity contribution in [1.29, 1.82) is 0 Å². The van der Waals surface area contributed by atoms with Crippen LogP contribution in [0.4, 0.5) is 4.39 Å². The summed E-state index contributed by atoms with van der Waals surface area (Å²) < 4.78 is 19.7. The van der Waals surface area contributed by atoms with Crippen molar-refractivity contribution in [3.63, 3.8) is 0 Å². The Kier molecular flexibility index (Phi) is 3.95. The molecule has 5 heteroatoms. The Labute approximate surface area is 120 Å². The highest BCUT2D eigenvalue weighted by Crippen LogP contribution is 2.37. The summed E-state index contributed by atoms with van der Waals surface area (Å²) in [5, 5.41) is 0.468. The predicted molar refractivity (Wildman–Crippen MR) is 73.3 cm³/mol. The summed E-state index contributed by atoms with van der Waals surface area (Å²) >= 11 is 12.6. The molecule has 0 amide bonds. The highest BCUT2D eigenvalue weighted by atomic mass is 79.9. The van der Waals surface area contributed by atoms with Crippen LogP contribution in [0.25, 0.3) is 0 Å². The van der Waals surface area contributed by atoms with Gasteiger partial charge in [-0.2, -0.15) is 0 Å². The minimum absolute atomic E-state index is 0.334. The summed E-state index contributed by atoms with van der Waals surface area (Å²) in [6, 6.07) is 4.77. The molecule has 0 aliphatic carbocycles. The molecule has 0 bridgehead atoms. The zero-order valence-electron chi connectivity index (χ0n) is 8.81. The lowest BCUT2D eigenvalue weighted by atomic mass is 10.1. The van der Waals surface area contributed by atoms with Crippen LogP contribution in [-0.4, -0.2) is 0 Å². The van der Waals surface area contributed by atoms with Crippen LogP contribution in [0.3, 0.4) is 0 Å². The number of hydrogen-bond acceptors (Lipinski definition) is 1. The molecule has 0 saturated heterocycles. The quantitative estimate of drug-likeness (QED) is 0.485. The Morgan fingerprint density at radius 2 is 2.12 bits per heavy atom. The minimum Gasteiger partial charge on any atom is -0.468 e. The lowest BCUT2D eigenvalue weighted by Crippen LogP contribution is -1.97. The first kappa shape index (κ1) is 13.1. The van der Waals surface area contributed by atoms with E-state index in [2.05, 4.69) is 31.9 Å². The summed E-state index contributed by atoms with van der Waals surface area (Å²) in [5.74, 6) is 0.348. The maximum Gasteiger partial charge on any atom is 0.129 e. The van der Waals surface area contributed by atoms with Gasteiger partial charge in [0, 0.05) is 10.0 Å². The molecule has 2 aromatic rings. The predicted octanol–water partition coefficient (Wildman–Crippen LogP) is 5.63. The fraction of sp³-hybridized carbons (Fsp3) is 0.167. The van der Waals surface area contributed by atoms with Gasteiger partial charge in [0.15, 0.2) is 0 Å². The molecule has 0 aliphatic heterocycles. The Bertz CT molecular complexity index is 553. The second-order valence-electron chi connectivity index (χ2n) is 3.62. The second-order valence-corrected chi connectivity index (χ2v) is 5.80. The van der Waals surface area contributed by atoms with Gasteiger partial charge in [-0.1, -0.05) is 27.5 Å². The topological polar surface area (TPSA) is 13.1 Å². The Balaban J connectivity index is 2.48. The van der Waals surface area contributed by atoms with Crippen LogP contribution in [0.15, 0.2) is 33.4 Å². The number of rotatable bonds is 2. The molecule has 1 atom stereocenters. The van der Waals surface area contributed by atoms with Crippen molar-refractivity contribution in [2.45, 2.75) is 11.8 Å². The molecule has 0 N–H and O–H groups in total. The van der Waals surface area contributed by atoms with Crippen LogP contribution in [0.1, 0.15) is 21.7 Å². The first-order valence-electron chi connectivity index (χ1n) is 4.83.